The zero-order valence-corrected chi connectivity index (χ0v) is 14.5. The van der Waals surface area contributed by atoms with E-state index in [-0.39, 0.29) is 17.4 Å². The van der Waals surface area contributed by atoms with Crippen molar-refractivity contribution in [3.8, 4) is 5.75 Å². The van der Waals surface area contributed by atoms with Crippen LogP contribution in [-0.2, 0) is 11.3 Å². The number of hydrogen-bond donors (Lipinski definition) is 2. The molecule has 0 unspecified atom stereocenters. The van der Waals surface area contributed by atoms with Gasteiger partial charge in [0.05, 0.1) is 23.0 Å². The number of carbonyl (C=O) groups is 1. The molecule has 0 bridgehead atoms. The monoisotopic (exact) mass is 354 g/mol. The van der Waals surface area contributed by atoms with Crippen LogP contribution < -0.4 is 5.43 Å². The fourth-order valence-electron chi connectivity index (χ4n) is 2.42. The van der Waals surface area contributed by atoms with Gasteiger partial charge in [0.15, 0.2) is 5.16 Å². The second kappa shape index (κ2) is 7.85. The van der Waals surface area contributed by atoms with Crippen molar-refractivity contribution in [2.24, 2.45) is 5.10 Å². The number of amides is 1. The molecule has 0 aliphatic heterocycles. The molecule has 0 radical (unpaired) electrons. The maximum Gasteiger partial charge on any atom is 0.250 e. The number of phenols is 1. The highest BCUT2D eigenvalue weighted by molar-refractivity contribution is 7.99. The van der Waals surface area contributed by atoms with Crippen molar-refractivity contribution in [1.29, 1.82) is 0 Å². The van der Waals surface area contributed by atoms with Crippen LogP contribution in [0.25, 0.3) is 11.0 Å². The summed E-state index contributed by atoms with van der Waals surface area (Å²) in [6.07, 6.45) is 1.49. The number of nitrogens with zero attached hydrogens (tertiary/aromatic N) is 3. The Labute approximate surface area is 149 Å². The van der Waals surface area contributed by atoms with Gasteiger partial charge in [0, 0.05) is 6.54 Å². The molecule has 0 fully saturated rings. The molecule has 1 heterocycles. The Morgan fingerprint density at radius 1 is 1.32 bits per heavy atom. The highest BCUT2D eigenvalue weighted by Crippen LogP contribution is 2.23. The number of rotatable bonds is 6. The number of hydrazone groups is 1. The lowest BCUT2D eigenvalue weighted by atomic mass is 10.2. The van der Waals surface area contributed by atoms with E-state index in [1.165, 1.54) is 18.0 Å². The van der Waals surface area contributed by atoms with E-state index >= 15 is 0 Å². The van der Waals surface area contributed by atoms with Gasteiger partial charge < -0.3 is 9.67 Å². The summed E-state index contributed by atoms with van der Waals surface area (Å²) in [4.78, 5) is 16.5. The summed E-state index contributed by atoms with van der Waals surface area (Å²) in [5, 5.41) is 14.1. The quantitative estimate of drug-likeness (QED) is 0.405. The van der Waals surface area contributed by atoms with Gasteiger partial charge in [-0.15, -0.1) is 0 Å². The number of imidazole rings is 1. The first-order valence-corrected chi connectivity index (χ1v) is 8.85. The summed E-state index contributed by atoms with van der Waals surface area (Å²) in [5.74, 6) is 0.168. The van der Waals surface area contributed by atoms with Crippen molar-refractivity contribution in [3.63, 3.8) is 0 Å². The molecule has 0 atom stereocenters. The fourth-order valence-corrected chi connectivity index (χ4v) is 3.29. The van der Waals surface area contributed by atoms with E-state index in [9.17, 15) is 9.90 Å². The largest absolute Gasteiger partial charge is 0.508 e. The molecule has 128 valence electrons. The van der Waals surface area contributed by atoms with Crippen molar-refractivity contribution in [2.75, 3.05) is 5.75 Å². The summed E-state index contributed by atoms with van der Waals surface area (Å²) in [6.45, 7) is 2.85. The van der Waals surface area contributed by atoms with Gasteiger partial charge in [0.25, 0.3) is 5.91 Å². The van der Waals surface area contributed by atoms with E-state index in [1.807, 2.05) is 24.3 Å². The average Bonchev–Trinajstić information content (AvgIpc) is 2.97. The van der Waals surface area contributed by atoms with E-state index in [1.54, 1.807) is 24.3 Å². The van der Waals surface area contributed by atoms with Crippen LogP contribution in [0.15, 0.2) is 58.8 Å². The van der Waals surface area contributed by atoms with Gasteiger partial charge in [0.2, 0.25) is 0 Å². The van der Waals surface area contributed by atoms with Crippen LogP contribution >= 0.6 is 11.8 Å². The van der Waals surface area contributed by atoms with E-state index in [2.05, 4.69) is 27.0 Å². The van der Waals surface area contributed by atoms with Gasteiger partial charge in [-0.05, 0) is 36.8 Å². The summed E-state index contributed by atoms with van der Waals surface area (Å²) in [5.41, 5.74) is 5.18. The number of nitrogens with one attached hydrogen (secondary N) is 1. The number of aromatic hydroxyl groups is 1. The van der Waals surface area contributed by atoms with Gasteiger partial charge >= 0.3 is 0 Å². The van der Waals surface area contributed by atoms with Crippen molar-refractivity contribution >= 4 is 34.9 Å². The minimum atomic E-state index is -0.212. The third-order valence-corrected chi connectivity index (χ3v) is 4.52. The van der Waals surface area contributed by atoms with Crippen LogP contribution in [0.4, 0.5) is 0 Å². The van der Waals surface area contributed by atoms with Crippen LogP contribution in [0.2, 0.25) is 0 Å². The first-order valence-electron chi connectivity index (χ1n) is 7.86. The molecule has 2 N–H and O–H groups in total. The third kappa shape index (κ3) is 4.19. The lowest BCUT2D eigenvalue weighted by Gasteiger charge is -2.04. The molecule has 7 heteroatoms. The first kappa shape index (κ1) is 17.0. The molecule has 25 heavy (non-hydrogen) atoms. The summed E-state index contributed by atoms with van der Waals surface area (Å²) in [6, 6.07) is 14.6. The van der Waals surface area contributed by atoms with Gasteiger partial charge in [-0.1, -0.05) is 36.0 Å². The van der Waals surface area contributed by atoms with Crippen molar-refractivity contribution in [3.05, 3.63) is 54.1 Å². The standard InChI is InChI=1S/C18H18N4O2S/c1-2-22-16-9-4-3-8-15(16)20-18(22)25-12-17(24)21-19-11-13-6-5-7-14(23)10-13/h3-11,23H,2,12H2,1H3,(H,21,24)/b19-11-. The lowest BCUT2D eigenvalue weighted by Crippen LogP contribution is -2.20. The molecular weight excluding hydrogens is 336 g/mol. The minimum absolute atomic E-state index is 0.157. The fraction of sp³-hybridized carbons (Fsp3) is 0.167. The van der Waals surface area contributed by atoms with Crippen molar-refractivity contribution in [2.45, 2.75) is 18.6 Å². The number of fused-ring (bicyclic) bond motifs is 1. The smallest absolute Gasteiger partial charge is 0.250 e. The number of benzene rings is 2. The number of thioether (sulfide) groups is 1. The average molecular weight is 354 g/mol. The summed E-state index contributed by atoms with van der Waals surface area (Å²) >= 11 is 1.38. The maximum absolute atomic E-state index is 12.0. The number of aromatic nitrogens is 2. The van der Waals surface area contributed by atoms with Crippen molar-refractivity contribution < 1.29 is 9.90 Å². The highest BCUT2D eigenvalue weighted by Gasteiger charge is 2.11. The van der Waals surface area contributed by atoms with Gasteiger partial charge in [0.1, 0.15) is 5.75 Å². The van der Waals surface area contributed by atoms with Crippen LogP contribution in [0.5, 0.6) is 5.75 Å². The topological polar surface area (TPSA) is 79.5 Å². The number of carbonyl (C=O) groups excluding carboxylic acids is 1. The molecule has 0 aliphatic carbocycles. The summed E-state index contributed by atoms with van der Waals surface area (Å²) in [7, 11) is 0. The predicted molar refractivity (Wildman–Crippen MR) is 100.0 cm³/mol. The molecule has 1 amide bonds. The van der Waals surface area contributed by atoms with E-state index in [0.717, 1.165) is 22.7 Å². The SMILES string of the molecule is CCn1c(SCC(=O)N/N=C\c2cccc(O)c2)nc2ccccc21. The molecule has 1 aromatic heterocycles. The molecule has 0 spiro atoms. The molecular formula is C18H18N4O2S. The molecule has 2 aromatic carbocycles. The molecule has 0 aliphatic rings. The molecule has 0 saturated heterocycles. The Balaban J connectivity index is 1.59. The lowest BCUT2D eigenvalue weighted by molar-refractivity contribution is -0.118. The maximum atomic E-state index is 12.0. The highest BCUT2D eigenvalue weighted by atomic mass is 32.2. The Morgan fingerprint density at radius 3 is 2.96 bits per heavy atom. The van der Waals surface area contributed by atoms with Gasteiger partial charge in [-0.2, -0.15) is 5.10 Å². The molecule has 3 aromatic rings. The van der Waals surface area contributed by atoms with E-state index < -0.39 is 0 Å². The van der Waals surface area contributed by atoms with Crippen LogP contribution in [-0.4, -0.2) is 32.5 Å². The first-order chi connectivity index (χ1) is 12.2. The van der Waals surface area contributed by atoms with Gasteiger partial charge in [-0.25, -0.2) is 10.4 Å². The second-order valence-electron chi connectivity index (χ2n) is 5.30. The normalized spacial score (nSPS) is 11.2. The molecule has 3 rings (SSSR count). The second-order valence-corrected chi connectivity index (χ2v) is 6.25. The number of para-hydroxylation sites is 2. The van der Waals surface area contributed by atoms with Gasteiger partial charge in [-0.3, -0.25) is 4.79 Å². The Bertz CT molecular complexity index is 920. The zero-order chi connectivity index (χ0) is 17.6. The number of aryl methyl sites for hydroxylation is 1. The van der Waals surface area contributed by atoms with Crippen LogP contribution in [0.3, 0.4) is 0 Å². The minimum Gasteiger partial charge on any atom is -0.508 e. The molecule has 0 saturated carbocycles. The van der Waals surface area contributed by atoms with Crippen LogP contribution in [0, 0.1) is 0 Å². The van der Waals surface area contributed by atoms with E-state index in [4.69, 9.17) is 0 Å². The van der Waals surface area contributed by atoms with Crippen molar-refractivity contribution in [1.82, 2.24) is 15.0 Å². The predicted octanol–water partition coefficient (Wildman–Crippen LogP) is 3.00. The Kier molecular flexibility index (Phi) is 5.35. The Hall–Kier alpha value is -2.80. The Morgan fingerprint density at radius 2 is 2.16 bits per heavy atom. The number of hydrogen-bond acceptors (Lipinski definition) is 5. The zero-order valence-electron chi connectivity index (χ0n) is 13.7. The van der Waals surface area contributed by atoms with E-state index in [0.29, 0.717) is 5.56 Å². The third-order valence-electron chi connectivity index (χ3n) is 3.54. The molecule has 6 nitrogen and oxygen atoms in total. The number of phenolic OH excluding ortho intramolecular Hbond substituents is 1. The van der Waals surface area contributed by atoms with Crippen LogP contribution in [0.1, 0.15) is 12.5 Å². The summed E-state index contributed by atoms with van der Waals surface area (Å²) < 4.78 is 2.09.